The number of ketones is 1. The average molecular weight is 421 g/mol. The topological polar surface area (TPSA) is 102 Å². The van der Waals surface area contributed by atoms with Crippen LogP contribution in [-0.2, 0) is 28.6 Å². The highest BCUT2D eigenvalue weighted by Crippen LogP contribution is 2.62. The van der Waals surface area contributed by atoms with Gasteiger partial charge in [0.2, 0.25) is 0 Å². The van der Waals surface area contributed by atoms with E-state index >= 15 is 0 Å². The van der Waals surface area contributed by atoms with Gasteiger partial charge in [-0.1, -0.05) is 6.92 Å². The maximum absolute atomic E-state index is 13.1. The van der Waals surface area contributed by atoms with Gasteiger partial charge in [0.15, 0.2) is 5.78 Å². The highest BCUT2D eigenvalue weighted by molar-refractivity contribution is 6.09. The third kappa shape index (κ3) is 3.97. The van der Waals surface area contributed by atoms with Gasteiger partial charge in [-0.3, -0.25) is 9.59 Å². The average Bonchev–Trinajstić information content (AvgIpc) is 3.35. The Balaban J connectivity index is 2.12. The standard InChI is InChI=1S/C23H32O7/c1-13(21(27)28-5)16-10-18-22(3,8-6-7-15(12-24)9-17(16)26)19(29-14(2)25)11-20-23(18,4)30-20/h9,18-20,24H,6-8,10-12H2,1-5H3/b15-9+,16-13-/t18-,19+,20+,22-,23-/m0/s1. The molecule has 1 N–H and O–H groups in total. The van der Waals surface area contributed by atoms with Crippen LogP contribution < -0.4 is 0 Å². The number of hydrogen-bond acceptors (Lipinski definition) is 7. The number of ether oxygens (including phenoxy) is 3. The van der Waals surface area contributed by atoms with Crippen molar-refractivity contribution < 1.29 is 33.7 Å². The van der Waals surface area contributed by atoms with Crippen LogP contribution in [0.15, 0.2) is 22.8 Å². The van der Waals surface area contributed by atoms with Crippen molar-refractivity contribution in [2.75, 3.05) is 13.7 Å². The van der Waals surface area contributed by atoms with Crippen molar-refractivity contribution in [1.29, 1.82) is 0 Å². The first kappa shape index (κ1) is 22.7. The van der Waals surface area contributed by atoms with Crippen LogP contribution in [0.2, 0.25) is 0 Å². The van der Waals surface area contributed by atoms with Crippen molar-refractivity contribution in [2.45, 2.75) is 77.6 Å². The van der Waals surface area contributed by atoms with Crippen LogP contribution in [0.1, 0.15) is 59.8 Å². The van der Waals surface area contributed by atoms with Gasteiger partial charge in [0.25, 0.3) is 0 Å². The molecule has 1 aliphatic heterocycles. The molecule has 5 atom stereocenters. The number of aliphatic hydroxyl groups excluding tert-OH is 1. The van der Waals surface area contributed by atoms with Crippen LogP contribution in [0, 0.1) is 11.3 Å². The van der Waals surface area contributed by atoms with Crippen molar-refractivity contribution in [1.82, 2.24) is 0 Å². The molecule has 166 valence electrons. The summed E-state index contributed by atoms with van der Waals surface area (Å²) in [6, 6.07) is 0. The van der Waals surface area contributed by atoms with E-state index in [1.807, 2.05) is 6.92 Å². The minimum absolute atomic E-state index is 0.0406. The van der Waals surface area contributed by atoms with Crippen LogP contribution in [-0.4, -0.2) is 54.4 Å². The Morgan fingerprint density at radius 3 is 2.60 bits per heavy atom. The minimum Gasteiger partial charge on any atom is -0.466 e. The molecular formula is C23H32O7. The van der Waals surface area contributed by atoms with E-state index in [4.69, 9.17) is 14.2 Å². The number of aliphatic hydroxyl groups is 1. The fourth-order valence-corrected chi connectivity index (χ4v) is 5.44. The maximum Gasteiger partial charge on any atom is 0.333 e. The van der Waals surface area contributed by atoms with E-state index in [1.165, 1.54) is 20.1 Å². The SMILES string of the molecule is COC(=O)/C(C)=C1/C[C@H]2[C@](C)(CCC/C(CO)=C\C1=O)[C@H](OC(C)=O)C[C@H]1O[C@]12C. The Labute approximate surface area is 177 Å². The molecule has 1 heterocycles. The zero-order valence-electron chi connectivity index (χ0n) is 18.4. The van der Waals surface area contributed by atoms with Gasteiger partial charge in [-0.15, -0.1) is 0 Å². The van der Waals surface area contributed by atoms with E-state index in [-0.39, 0.29) is 42.1 Å². The van der Waals surface area contributed by atoms with Crippen LogP contribution in [0.3, 0.4) is 0 Å². The largest absolute Gasteiger partial charge is 0.466 e. The predicted octanol–water partition coefficient (Wildman–Crippen LogP) is 2.65. The summed E-state index contributed by atoms with van der Waals surface area (Å²) in [7, 11) is 1.29. The second kappa shape index (κ2) is 8.27. The smallest absolute Gasteiger partial charge is 0.333 e. The highest BCUT2D eigenvalue weighted by atomic mass is 16.6. The van der Waals surface area contributed by atoms with E-state index in [0.717, 1.165) is 12.8 Å². The zero-order chi connectivity index (χ0) is 22.3. The first-order valence-corrected chi connectivity index (χ1v) is 10.5. The lowest BCUT2D eigenvalue weighted by molar-refractivity contribution is -0.161. The van der Waals surface area contributed by atoms with Crippen LogP contribution in [0.25, 0.3) is 0 Å². The first-order valence-electron chi connectivity index (χ1n) is 10.5. The summed E-state index contributed by atoms with van der Waals surface area (Å²) in [5.41, 5.74) is 0.381. The molecule has 30 heavy (non-hydrogen) atoms. The molecule has 0 bridgehead atoms. The predicted molar refractivity (Wildman–Crippen MR) is 108 cm³/mol. The molecule has 0 aromatic heterocycles. The van der Waals surface area contributed by atoms with E-state index in [0.29, 0.717) is 30.4 Å². The Kier molecular flexibility index (Phi) is 6.25. The molecule has 2 fully saturated rings. The monoisotopic (exact) mass is 420 g/mol. The van der Waals surface area contributed by atoms with Crippen LogP contribution in [0.4, 0.5) is 0 Å². The summed E-state index contributed by atoms with van der Waals surface area (Å²) in [5, 5.41) is 9.71. The molecule has 1 saturated carbocycles. The molecule has 0 unspecified atom stereocenters. The van der Waals surface area contributed by atoms with Gasteiger partial charge in [-0.05, 0) is 51.2 Å². The zero-order valence-corrected chi connectivity index (χ0v) is 18.4. The molecule has 0 aromatic carbocycles. The normalized spacial score (nSPS) is 39.6. The fraction of sp³-hybridized carbons (Fsp3) is 0.696. The number of epoxide rings is 1. The summed E-state index contributed by atoms with van der Waals surface area (Å²) >= 11 is 0. The quantitative estimate of drug-likeness (QED) is 0.425. The number of carbonyl (C=O) groups excluding carboxylic acids is 3. The van der Waals surface area contributed by atoms with Crippen LogP contribution >= 0.6 is 0 Å². The first-order chi connectivity index (χ1) is 14.1. The van der Waals surface area contributed by atoms with Crippen molar-refractivity contribution in [3.05, 3.63) is 22.8 Å². The maximum atomic E-state index is 13.1. The number of hydrogen-bond donors (Lipinski definition) is 1. The van der Waals surface area contributed by atoms with E-state index in [1.54, 1.807) is 6.92 Å². The number of methoxy groups -OCH3 is 1. The lowest BCUT2D eigenvalue weighted by Gasteiger charge is -2.48. The molecule has 0 amide bonds. The van der Waals surface area contributed by atoms with Crippen molar-refractivity contribution in [3.63, 3.8) is 0 Å². The van der Waals surface area contributed by atoms with Gasteiger partial charge in [0, 0.05) is 35.8 Å². The number of carbonyl (C=O) groups is 3. The molecule has 1 saturated heterocycles. The van der Waals surface area contributed by atoms with Crippen LogP contribution in [0.5, 0.6) is 0 Å². The van der Waals surface area contributed by atoms with Crippen molar-refractivity contribution >= 4 is 17.7 Å². The Bertz CT molecular complexity index is 810. The molecule has 7 nitrogen and oxygen atoms in total. The number of esters is 2. The second-order valence-electron chi connectivity index (χ2n) is 9.16. The summed E-state index contributed by atoms with van der Waals surface area (Å²) in [5.74, 6) is -1.30. The fourth-order valence-electron chi connectivity index (χ4n) is 5.44. The number of rotatable bonds is 3. The van der Waals surface area contributed by atoms with Gasteiger partial charge >= 0.3 is 11.9 Å². The molecular weight excluding hydrogens is 388 g/mol. The molecule has 0 aromatic rings. The lowest BCUT2D eigenvalue weighted by atomic mass is 9.57. The molecule has 7 heteroatoms. The second-order valence-corrected chi connectivity index (χ2v) is 9.16. The van der Waals surface area contributed by atoms with Gasteiger partial charge in [0.1, 0.15) is 6.10 Å². The van der Waals surface area contributed by atoms with Gasteiger partial charge < -0.3 is 19.3 Å². The third-order valence-corrected chi connectivity index (χ3v) is 7.34. The molecule has 0 radical (unpaired) electrons. The van der Waals surface area contributed by atoms with Crippen molar-refractivity contribution in [2.24, 2.45) is 11.3 Å². The molecule has 0 spiro atoms. The Morgan fingerprint density at radius 1 is 1.30 bits per heavy atom. The molecule has 3 rings (SSSR count). The highest BCUT2D eigenvalue weighted by Gasteiger charge is 2.68. The number of fused-ring (bicyclic) bond motifs is 3. The van der Waals surface area contributed by atoms with E-state index in [2.05, 4.69) is 6.92 Å². The van der Waals surface area contributed by atoms with Gasteiger partial charge in [0.05, 0.1) is 25.4 Å². The Hall–Kier alpha value is -1.99. The van der Waals surface area contributed by atoms with E-state index < -0.39 is 17.0 Å². The minimum atomic E-state index is -0.554. The third-order valence-electron chi connectivity index (χ3n) is 7.34. The summed E-state index contributed by atoms with van der Waals surface area (Å²) in [4.78, 5) is 37.3. The van der Waals surface area contributed by atoms with Gasteiger partial charge in [-0.25, -0.2) is 4.79 Å². The van der Waals surface area contributed by atoms with Gasteiger partial charge in [-0.2, -0.15) is 0 Å². The summed E-state index contributed by atoms with van der Waals surface area (Å²) < 4.78 is 16.7. The summed E-state index contributed by atoms with van der Waals surface area (Å²) in [6.07, 6.45) is 4.06. The molecule has 3 aliphatic rings. The van der Waals surface area contributed by atoms with Crippen molar-refractivity contribution in [3.8, 4) is 0 Å². The number of allylic oxidation sites excluding steroid dienone is 2. The summed E-state index contributed by atoms with van der Waals surface area (Å²) in [6.45, 7) is 6.92. The van der Waals surface area contributed by atoms with E-state index in [9.17, 15) is 19.5 Å². The lowest BCUT2D eigenvalue weighted by Crippen LogP contribution is -2.52. The molecule has 2 aliphatic carbocycles. The Morgan fingerprint density at radius 2 is 2.00 bits per heavy atom.